The minimum absolute atomic E-state index is 0.0693. The van der Waals surface area contributed by atoms with E-state index in [9.17, 15) is 9.59 Å². The first-order chi connectivity index (χ1) is 15.0. The van der Waals surface area contributed by atoms with Gasteiger partial charge in [-0.3, -0.25) is 4.90 Å². The van der Waals surface area contributed by atoms with Crippen LogP contribution < -0.4 is 0 Å². The van der Waals surface area contributed by atoms with Gasteiger partial charge in [-0.1, -0.05) is 13.8 Å². The molecule has 2 aromatic heterocycles. The lowest BCUT2D eigenvalue weighted by Gasteiger charge is -2.41. The average Bonchev–Trinajstić information content (AvgIpc) is 3.04. The molecule has 8 nitrogen and oxygen atoms in total. The molecule has 2 aliphatic heterocycles. The van der Waals surface area contributed by atoms with Crippen LogP contribution >= 0.6 is 0 Å². The van der Waals surface area contributed by atoms with Gasteiger partial charge in [0.2, 0.25) is 0 Å². The van der Waals surface area contributed by atoms with E-state index in [2.05, 4.69) is 37.9 Å². The number of rotatable bonds is 2. The number of carbonyl (C=O) groups is 2. The molecule has 4 rings (SSSR count). The minimum Gasteiger partial charge on any atom is -0.459 e. The molecule has 2 amide bonds. The number of pyridine rings is 1. The summed E-state index contributed by atoms with van der Waals surface area (Å²) in [5.41, 5.74) is 2.34. The van der Waals surface area contributed by atoms with Crippen molar-refractivity contribution in [3.05, 3.63) is 35.8 Å². The Morgan fingerprint density at radius 2 is 1.91 bits per heavy atom. The molecule has 0 atom stereocenters. The summed E-state index contributed by atoms with van der Waals surface area (Å²) in [6.07, 6.45) is 3.13. The van der Waals surface area contributed by atoms with Crippen molar-refractivity contribution in [1.29, 1.82) is 0 Å². The molecule has 172 valence electrons. The van der Waals surface area contributed by atoms with Gasteiger partial charge in [0, 0.05) is 29.7 Å². The topological polar surface area (TPSA) is 78.5 Å². The molecule has 1 N–H and O–H groups in total. The SMILES string of the molecule is CC(C)OC(=O)C1=CN(C(=O)N2CC[N+](C)(C)CC2)CC(C)(C)c2c1[nH]c1ncccc21. The number of ether oxygens (including phenoxy) is 1. The fraction of sp³-hybridized carbons (Fsp3) is 0.542. The predicted octanol–water partition coefficient (Wildman–Crippen LogP) is 2.96. The molecular weight excluding hydrogens is 406 g/mol. The van der Waals surface area contributed by atoms with Crippen molar-refractivity contribution in [2.45, 2.75) is 39.2 Å². The van der Waals surface area contributed by atoms with E-state index in [1.165, 1.54) is 0 Å². The van der Waals surface area contributed by atoms with Gasteiger partial charge in [0.05, 0.1) is 57.6 Å². The van der Waals surface area contributed by atoms with Crippen molar-refractivity contribution in [3.8, 4) is 0 Å². The number of fused-ring (bicyclic) bond motifs is 3. The molecule has 1 saturated heterocycles. The molecule has 0 spiro atoms. The average molecular weight is 441 g/mol. The third kappa shape index (κ3) is 4.11. The van der Waals surface area contributed by atoms with E-state index in [1.807, 2.05) is 30.9 Å². The maximum atomic E-state index is 13.6. The summed E-state index contributed by atoms with van der Waals surface area (Å²) >= 11 is 0. The second-order valence-electron chi connectivity index (χ2n) is 10.4. The van der Waals surface area contributed by atoms with Gasteiger partial charge in [0.15, 0.2) is 0 Å². The maximum Gasteiger partial charge on any atom is 0.342 e. The summed E-state index contributed by atoms with van der Waals surface area (Å²) in [6, 6.07) is 3.83. The van der Waals surface area contributed by atoms with Gasteiger partial charge in [-0.2, -0.15) is 0 Å². The molecule has 0 saturated carbocycles. The number of urea groups is 1. The summed E-state index contributed by atoms with van der Waals surface area (Å²) < 4.78 is 6.47. The third-order valence-corrected chi connectivity index (χ3v) is 6.40. The molecular formula is C24H34N5O3+. The molecule has 0 unspecified atom stereocenters. The maximum absolute atomic E-state index is 13.6. The Kier molecular flexibility index (Phi) is 5.53. The Morgan fingerprint density at radius 1 is 1.22 bits per heavy atom. The first-order valence-electron chi connectivity index (χ1n) is 11.3. The Labute approximate surface area is 189 Å². The zero-order valence-corrected chi connectivity index (χ0v) is 19.9. The lowest BCUT2D eigenvalue weighted by atomic mass is 9.82. The Hall–Kier alpha value is -2.87. The van der Waals surface area contributed by atoms with Gasteiger partial charge in [0.25, 0.3) is 0 Å². The molecule has 0 radical (unpaired) electrons. The zero-order valence-electron chi connectivity index (χ0n) is 19.9. The molecule has 1 fully saturated rings. The van der Waals surface area contributed by atoms with Gasteiger partial charge < -0.3 is 19.1 Å². The van der Waals surface area contributed by atoms with Crippen LogP contribution in [0.25, 0.3) is 16.6 Å². The first kappa shape index (κ1) is 22.3. The van der Waals surface area contributed by atoms with Crippen molar-refractivity contribution in [2.75, 3.05) is 46.8 Å². The number of nitrogens with one attached hydrogen (secondary N) is 1. The molecule has 0 bridgehead atoms. The number of aromatic nitrogens is 2. The molecule has 8 heteroatoms. The number of aromatic amines is 1. The lowest BCUT2D eigenvalue weighted by Crippen LogP contribution is -2.58. The van der Waals surface area contributed by atoms with E-state index in [0.717, 1.165) is 34.2 Å². The number of carbonyl (C=O) groups excluding carboxylic acids is 2. The molecule has 2 aromatic rings. The van der Waals surface area contributed by atoms with Crippen molar-refractivity contribution < 1.29 is 18.8 Å². The van der Waals surface area contributed by atoms with Crippen molar-refractivity contribution in [2.24, 2.45) is 0 Å². The van der Waals surface area contributed by atoms with Crippen molar-refractivity contribution >= 4 is 28.6 Å². The van der Waals surface area contributed by atoms with Gasteiger partial charge >= 0.3 is 12.0 Å². The second kappa shape index (κ2) is 7.92. The van der Waals surface area contributed by atoms with E-state index in [1.54, 1.807) is 17.3 Å². The zero-order chi connectivity index (χ0) is 23.3. The van der Waals surface area contributed by atoms with Gasteiger partial charge in [-0.25, -0.2) is 14.6 Å². The summed E-state index contributed by atoms with van der Waals surface area (Å²) in [5.74, 6) is -0.445. The number of quaternary nitrogens is 1. The Morgan fingerprint density at radius 3 is 2.56 bits per heavy atom. The van der Waals surface area contributed by atoms with Gasteiger partial charge in [-0.15, -0.1) is 0 Å². The van der Waals surface area contributed by atoms with Crippen LogP contribution in [-0.4, -0.2) is 89.2 Å². The van der Waals surface area contributed by atoms with Crippen LogP contribution in [0.15, 0.2) is 24.5 Å². The van der Waals surface area contributed by atoms with Crippen LogP contribution in [0, 0.1) is 0 Å². The van der Waals surface area contributed by atoms with Gasteiger partial charge in [0.1, 0.15) is 5.65 Å². The fourth-order valence-corrected chi connectivity index (χ4v) is 4.63. The summed E-state index contributed by atoms with van der Waals surface area (Å²) in [7, 11) is 4.37. The van der Waals surface area contributed by atoms with Gasteiger partial charge in [-0.05, 0) is 31.5 Å². The number of piperazine rings is 1. The Balaban J connectivity index is 1.78. The highest BCUT2D eigenvalue weighted by molar-refractivity contribution is 6.18. The number of H-pyrrole nitrogens is 1. The van der Waals surface area contributed by atoms with Crippen molar-refractivity contribution in [3.63, 3.8) is 0 Å². The third-order valence-electron chi connectivity index (χ3n) is 6.40. The van der Waals surface area contributed by atoms with Crippen LogP contribution in [0.5, 0.6) is 0 Å². The highest BCUT2D eigenvalue weighted by atomic mass is 16.5. The summed E-state index contributed by atoms with van der Waals surface area (Å²) in [6.45, 7) is 11.5. The highest BCUT2D eigenvalue weighted by Gasteiger charge is 2.39. The van der Waals surface area contributed by atoms with E-state index in [-0.39, 0.29) is 12.1 Å². The standard InChI is InChI=1S/C24H34N5O3/c1-16(2)32-22(30)18-14-28(23(31)27-10-12-29(5,6)13-11-27)15-24(3,4)19-17-8-7-9-25-21(17)26-20(18)19/h7-9,14,16H,10-13,15H2,1-6H3,(H,25,26)/q+1. The molecule has 2 aliphatic rings. The summed E-state index contributed by atoms with van der Waals surface area (Å²) in [5, 5.41) is 0.960. The first-order valence-corrected chi connectivity index (χ1v) is 11.3. The van der Waals surface area contributed by atoms with E-state index < -0.39 is 11.4 Å². The fourth-order valence-electron chi connectivity index (χ4n) is 4.63. The number of hydrogen-bond acceptors (Lipinski definition) is 4. The van der Waals surface area contributed by atoms with Crippen LogP contribution in [0.4, 0.5) is 4.79 Å². The van der Waals surface area contributed by atoms with Crippen LogP contribution in [0.3, 0.4) is 0 Å². The Bertz CT molecular complexity index is 1070. The highest BCUT2D eigenvalue weighted by Crippen LogP contribution is 2.40. The number of amides is 2. The lowest BCUT2D eigenvalue weighted by molar-refractivity contribution is -0.894. The van der Waals surface area contributed by atoms with Crippen molar-refractivity contribution in [1.82, 2.24) is 19.8 Å². The van der Waals surface area contributed by atoms with Crippen LogP contribution in [0.2, 0.25) is 0 Å². The van der Waals surface area contributed by atoms with Crippen LogP contribution in [-0.2, 0) is 14.9 Å². The largest absolute Gasteiger partial charge is 0.459 e. The summed E-state index contributed by atoms with van der Waals surface area (Å²) in [4.78, 5) is 38.1. The van der Waals surface area contributed by atoms with Crippen LogP contribution in [0.1, 0.15) is 39.0 Å². The van der Waals surface area contributed by atoms with E-state index in [4.69, 9.17) is 4.74 Å². The number of esters is 1. The molecule has 0 aromatic carbocycles. The second-order valence-corrected chi connectivity index (χ2v) is 10.4. The molecule has 32 heavy (non-hydrogen) atoms. The quantitative estimate of drug-likeness (QED) is 0.575. The monoisotopic (exact) mass is 440 g/mol. The minimum atomic E-state index is -0.445. The normalized spacial score (nSPS) is 20.0. The van der Waals surface area contributed by atoms with E-state index >= 15 is 0 Å². The number of likely N-dealkylation sites (N-methyl/N-ethyl adjacent to an activating group) is 1. The number of hydrogen-bond donors (Lipinski definition) is 1. The van der Waals surface area contributed by atoms with E-state index in [0.29, 0.717) is 30.9 Å². The molecule has 4 heterocycles. The number of nitrogens with zero attached hydrogens (tertiary/aromatic N) is 4. The predicted molar refractivity (Wildman–Crippen MR) is 124 cm³/mol. The molecule has 0 aliphatic carbocycles. The smallest absolute Gasteiger partial charge is 0.342 e.